The molecule has 0 aliphatic carbocycles. The number of carbonyl (C=O) groups is 1. The second kappa shape index (κ2) is 9.67. The van der Waals surface area contributed by atoms with Crippen molar-refractivity contribution in [2.75, 3.05) is 32.7 Å². The van der Waals surface area contributed by atoms with E-state index >= 15 is 0 Å². The zero-order chi connectivity index (χ0) is 19.1. The lowest BCUT2D eigenvalue weighted by atomic mass is 10.0. The van der Waals surface area contributed by atoms with Gasteiger partial charge in [-0.05, 0) is 17.0 Å². The summed E-state index contributed by atoms with van der Waals surface area (Å²) < 4.78 is 0. The lowest BCUT2D eigenvalue weighted by molar-refractivity contribution is -1.02. The Morgan fingerprint density at radius 2 is 1.52 bits per heavy atom. The molecule has 2 aromatic rings. The third kappa shape index (κ3) is 6.19. The molecule has 1 saturated heterocycles. The molecule has 1 heterocycles. The monoisotopic (exact) mass is 367 g/mol. The van der Waals surface area contributed by atoms with Crippen LogP contribution in [0.2, 0.25) is 0 Å². The Labute approximate surface area is 163 Å². The summed E-state index contributed by atoms with van der Waals surface area (Å²) in [6.45, 7) is 11.2. The highest BCUT2D eigenvalue weighted by atomic mass is 16.2. The van der Waals surface area contributed by atoms with Crippen LogP contribution in [-0.4, -0.2) is 38.6 Å². The first-order chi connectivity index (χ1) is 13.1. The van der Waals surface area contributed by atoms with Crippen LogP contribution in [0.15, 0.2) is 54.6 Å². The molecule has 4 heteroatoms. The second-order valence-electron chi connectivity index (χ2n) is 8.01. The van der Waals surface area contributed by atoms with Crippen molar-refractivity contribution in [3.63, 3.8) is 0 Å². The molecule has 0 saturated carbocycles. The number of nitrogens with one attached hydrogen (secondary N) is 3. The number of hydrogen-bond acceptors (Lipinski definition) is 1. The summed E-state index contributed by atoms with van der Waals surface area (Å²) in [6, 6.07) is 19.2. The highest BCUT2D eigenvalue weighted by molar-refractivity contribution is 5.76. The maximum absolute atomic E-state index is 12.2. The van der Waals surface area contributed by atoms with E-state index in [1.807, 2.05) is 30.3 Å². The van der Waals surface area contributed by atoms with Gasteiger partial charge in [0.25, 0.3) is 5.91 Å². The van der Waals surface area contributed by atoms with Crippen molar-refractivity contribution in [3.8, 4) is 0 Å². The molecule has 0 radical (unpaired) electrons. The average molecular weight is 368 g/mol. The smallest absolute Gasteiger partial charge is 0.275 e. The fourth-order valence-electron chi connectivity index (χ4n) is 3.71. The first kappa shape index (κ1) is 19.6. The Morgan fingerprint density at radius 3 is 2.15 bits per heavy atom. The van der Waals surface area contributed by atoms with Gasteiger partial charge in [-0.2, -0.15) is 0 Å². The third-order valence-electron chi connectivity index (χ3n) is 5.51. The van der Waals surface area contributed by atoms with Crippen molar-refractivity contribution in [2.24, 2.45) is 0 Å². The van der Waals surface area contributed by atoms with Crippen LogP contribution in [-0.2, 0) is 17.9 Å². The van der Waals surface area contributed by atoms with Gasteiger partial charge in [0.05, 0.1) is 0 Å². The largest absolute Gasteiger partial charge is 0.347 e. The van der Waals surface area contributed by atoms with Crippen LogP contribution in [0.25, 0.3) is 0 Å². The Morgan fingerprint density at radius 1 is 0.889 bits per heavy atom. The number of hydrogen-bond donors (Lipinski definition) is 3. The summed E-state index contributed by atoms with van der Waals surface area (Å²) in [4.78, 5) is 15.2. The number of benzene rings is 2. The molecule has 0 aromatic heterocycles. The van der Waals surface area contributed by atoms with Crippen molar-refractivity contribution in [3.05, 3.63) is 71.3 Å². The molecule has 1 fully saturated rings. The van der Waals surface area contributed by atoms with E-state index < -0.39 is 0 Å². The molecule has 3 N–H and O–H groups in total. The number of carbonyl (C=O) groups excluding carboxylic acids is 1. The normalized spacial score (nSPS) is 19.8. The van der Waals surface area contributed by atoms with E-state index in [0.717, 1.165) is 38.3 Å². The Hall–Kier alpha value is -2.17. The molecule has 0 unspecified atom stereocenters. The number of quaternary nitrogens is 2. The Kier molecular flexibility index (Phi) is 7.02. The Bertz CT molecular complexity index is 704. The van der Waals surface area contributed by atoms with Gasteiger partial charge in [-0.25, -0.2) is 0 Å². The fourth-order valence-corrected chi connectivity index (χ4v) is 3.71. The quantitative estimate of drug-likeness (QED) is 0.652. The molecule has 1 aliphatic rings. The Balaban J connectivity index is 1.37. The fraction of sp³-hybridized carbons (Fsp3) is 0.435. The molecule has 0 bridgehead atoms. The summed E-state index contributed by atoms with van der Waals surface area (Å²) in [7, 11) is 0. The van der Waals surface area contributed by atoms with E-state index in [2.05, 4.69) is 43.4 Å². The lowest BCUT2D eigenvalue weighted by Crippen LogP contribution is -3.28. The summed E-state index contributed by atoms with van der Waals surface area (Å²) in [5.41, 5.74) is 3.97. The van der Waals surface area contributed by atoms with Crippen LogP contribution in [0.4, 0.5) is 0 Å². The molecule has 144 valence electrons. The van der Waals surface area contributed by atoms with Crippen molar-refractivity contribution >= 4 is 5.91 Å². The first-order valence-corrected chi connectivity index (χ1v) is 10.2. The van der Waals surface area contributed by atoms with Crippen LogP contribution in [0.1, 0.15) is 36.5 Å². The van der Waals surface area contributed by atoms with Crippen LogP contribution in [0.3, 0.4) is 0 Å². The molecule has 0 spiro atoms. The van der Waals surface area contributed by atoms with E-state index in [9.17, 15) is 4.79 Å². The first-order valence-electron chi connectivity index (χ1n) is 10.2. The summed E-state index contributed by atoms with van der Waals surface area (Å²) in [5.74, 6) is 0.744. The minimum atomic E-state index is 0.154. The standard InChI is InChI=1S/C23H31N3O/c1-19(2)22-10-8-21(9-11-22)17-25-12-14-26(15-13-25)18-23(27)24-16-20-6-4-3-5-7-20/h3-11,19H,12-18H2,1-2H3,(H,24,27)/p+2. The number of piperazine rings is 1. The highest BCUT2D eigenvalue weighted by Crippen LogP contribution is 2.14. The topological polar surface area (TPSA) is 38.0 Å². The lowest BCUT2D eigenvalue weighted by Gasteiger charge is -2.29. The summed E-state index contributed by atoms with van der Waals surface area (Å²) in [5, 5.41) is 3.05. The van der Waals surface area contributed by atoms with Crippen molar-refractivity contribution in [1.29, 1.82) is 0 Å². The number of amides is 1. The van der Waals surface area contributed by atoms with Gasteiger partial charge in [0.2, 0.25) is 0 Å². The van der Waals surface area contributed by atoms with E-state index in [-0.39, 0.29) is 5.91 Å². The van der Waals surface area contributed by atoms with Crippen LogP contribution in [0.5, 0.6) is 0 Å². The molecule has 0 atom stereocenters. The molecule has 1 aliphatic heterocycles. The molecule has 2 aromatic carbocycles. The van der Waals surface area contributed by atoms with Crippen molar-refractivity contribution in [2.45, 2.75) is 32.9 Å². The van der Waals surface area contributed by atoms with E-state index in [4.69, 9.17) is 0 Å². The van der Waals surface area contributed by atoms with Crippen LogP contribution >= 0.6 is 0 Å². The van der Waals surface area contributed by atoms with Gasteiger partial charge in [0.1, 0.15) is 32.7 Å². The molecule has 1 amide bonds. The van der Waals surface area contributed by atoms with Gasteiger partial charge in [0.15, 0.2) is 6.54 Å². The molecule has 4 nitrogen and oxygen atoms in total. The van der Waals surface area contributed by atoms with Gasteiger partial charge >= 0.3 is 0 Å². The SMILES string of the molecule is CC(C)c1ccc(C[NH+]2CC[NH+](CC(=O)NCc3ccccc3)CC2)cc1. The minimum Gasteiger partial charge on any atom is -0.347 e. The van der Waals surface area contributed by atoms with Gasteiger partial charge < -0.3 is 15.1 Å². The van der Waals surface area contributed by atoms with Crippen LogP contribution < -0.4 is 15.1 Å². The zero-order valence-electron chi connectivity index (χ0n) is 16.6. The van der Waals surface area contributed by atoms with Gasteiger partial charge in [-0.3, -0.25) is 4.79 Å². The predicted molar refractivity (Wildman–Crippen MR) is 109 cm³/mol. The molecular weight excluding hydrogens is 334 g/mol. The highest BCUT2D eigenvalue weighted by Gasteiger charge is 2.24. The van der Waals surface area contributed by atoms with E-state index in [0.29, 0.717) is 19.0 Å². The zero-order valence-corrected chi connectivity index (χ0v) is 16.6. The second-order valence-corrected chi connectivity index (χ2v) is 8.01. The predicted octanol–water partition coefficient (Wildman–Crippen LogP) is 0.410. The van der Waals surface area contributed by atoms with E-state index in [1.54, 1.807) is 4.90 Å². The summed E-state index contributed by atoms with van der Waals surface area (Å²) >= 11 is 0. The number of rotatable bonds is 7. The van der Waals surface area contributed by atoms with Gasteiger partial charge in [0, 0.05) is 12.1 Å². The van der Waals surface area contributed by atoms with Gasteiger partial charge in [-0.1, -0.05) is 68.4 Å². The molecule has 27 heavy (non-hydrogen) atoms. The average Bonchev–Trinajstić information content (AvgIpc) is 2.69. The maximum atomic E-state index is 12.2. The summed E-state index contributed by atoms with van der Waals surface area (Å²) in [6.07, 6.45) is 0. The minimum absolute atomic E-state index is 0.154. The van der Waals surface area contributed by atoms with Crippen molar-refractivity contribution in [1.82, 2.24) is 5.32 Å². The van der Waals surface area contributed by atoms with Crippen molar-refractivity contribution < 1.29 is 14.6 Å². The third-order valence-corrected chi connectivity index (χ3v) is 5.51. The molecular formula is C23H33N3O+2. The van der Waals surface area contributed by atoms with E-state index in [1.165, 1.54) is 16.0 Å². The van der Waals surface area contributed by atoms with Gasteiger partial charge in [-0.15, -0.1) is 0 Å². The van der Waals surface area contributed by atoms with Crippen LogP contribution in [0, 0.1) is 0 Å². The maximum Gasteiger partial charge on any atom is 0.275 e. The molecule has 3 rings (SSSR count).